The van der Waals surface area contributed by atoms with Gasteiger partial charge in [0.1, 0.15) is 6.10 Å². The van der Waals surface area contributed by atoms with Gasteiger partial charge in [0.25, 0.3) is 0 Å². The minimum Gasteiger partial charge on any atom is -0.479 e. The fourth-order valence-corrected chi connectivity index (χ4v) is 2.79. The summed E-state index contributed by atoms with van der Waals surface area (Å²) in [4.78, 5) is 24.3. The van der Waals surface area contributed by atoms with E-state index in [2.05, 4.69) is 5.32 Å². The normalized spacial score (nSPS) is 20.9. The van der Waals surface area contributed by atoms with Crippen LogP contribution in [0, 0.1) is 0 Å². The van der Waals surface area contributed by atoms with Crippen molar-refractivity contribution in [1.29, 1.82) is 0 Å². The average Bonchev–Trinajstić information content (AvgIpc) is 2.54. The van der Waals surface area contributed by atoms with E-state index in [9.17, 15) is 14.7 Å². The van der Waals surface area contributed by atoms with Gasteiger partial charge in [-0.3, -0.25) is 4.79 Å². The molecular formula is C16H20ClNO4. The van der Waals surface area contributed by atoms with Crippen molar-refractivity contribution in [1.82, 2.24) is 5.32 Å². The lowest BCUT2D eigenvalue weighted by molar-refractivity contribution is -0.151. The highest BCUT2D eigenvalue weighted by Gasteiger charge is 2.41. The van der Waals surface area contributed by atoms with Crippen molar-refractivity contribution in [2.45, 2.75) is 44.2 Å². The molecule has 2 atom stereocenters. The monoisotopic (exact) mass is 325 g/mol. The number of hydrogen-bond donors (Lipinski definition) is 2. The first-order valence-electron chi connectivity index (χ1n) is 7.42. The Hall–Kier alpha value is -1.59. The zero-order chi connectivity index (χ0) is 16.2. The van der Waals surface area contributed by atoms with E-state index in [1.807, 2.05) is 0 Å². The molecule has 1 aliphatic heterocycles. The summed E-state index contributed by atoms with van der Waals surface area (Å²) in [5.74, 6) is -1.47. The number of carboxylic acid groups (broad SMARTS) is 1. The quantitative estimate of drug-likeness (QED) is 0.872. The predicted octanol–water partition coefficient (Wildman–Crippen LogP) is 2.72. The number of nitrogens with one attached hydrogen (secondary N) is 1. The summed E-state index contributed by atoms with van der Waals surface area (Å²) in [6.45, 7) is 2.26. The van der Waals surface area contributed by atoms with E-state index >= 15 is 0 Å². The first-order chi connectivity index (χ1) is 10.5. The van der Waals surface area contributed by atoms with Crippen molar-refractivity contribution in [3.63, 3.8) is 0 Å². The number of ether oxygens (including phenoxy) is 1. The maximum atomic E-state index is 12.4. The van der Waals surface area contributed by atoms with Crippen molar-refractivity contribution < 1.29 is 19.4 Å². The molecule has 0 spiro atoms. The number of halogens is 1. The molecule has 1 fully saturated rings. The molecule has 2 N–H and O–H groups in total. The molecule has 1 aromatic carbocycles. The van der Waals surface area contributed by atoms with Gasteiger partial charge in [0.05, 0.1) is 0 Å². The molecule has 5 nitrogen and oxygen atoms in total. The van der Waals surface area contributed by atoms with Crippen LogP contribution < -0.4 is 5.32 Å². The largest absolute Gasteiger partial charge is 0.479 e. The predicted molar refractivity (Wildman–Crippen MR) is 82.8 cm³/mol. The Balaban J connectivity index is 2.27. The Kier molecular flexibility index (Phi) is 5.42. The lowest BCUT2D eigenvalue weighted by atomic mass is 9.86. The van der Waals surface area contributed by atoms with Crippen LogP contribution in [0.3, 0.4) is 0 Å². The molecule has 0 radical (unpaired) electrons. The zero-order valence-corrected chi connectivity index (χ0v) is 13.2. The Morgan fingerprint density at radius 3 is 2.55 bits per heavy atom. The Bertz CT molecular complexity index is 540. The maximum Gasteiger partial charge on any atom is 0.334 e. The second kappa shape index (κ2) is 7.11. The van der Waals surface area contributed by atoms with E-state index in [0.717, 1.165) is 12.8 Å². The van der Waals surface area contributed by atoms with Crippen LogP contribution in [0.2, 0.25) is 5.02 Å². The topological polar surface area (TPSA) is 75.6 Å². The number of amides is 1. The van der Waals surface area contributed by atoms with Crippen LogP contribution in [0.15, 0.2) is 24.3 Å². The first kappa shape index (κ1) is 16.8. The number of rotatable bonds is 5. The van der Waals surface area contributed by atoms with E-state index in [4.69, 9.17) is 16.3 Å². The first-order valence-corrected chi connectivity index (χ1v) is 7.80. The second-order valence-electron chi connectivity index (χ2n) is 5.42. The molecule has 2 unspecified atom stereocenters. The number of hydrogen-bond acceptors (Lipinski definition) is 3. The minimum atomic E-state index is -1.47. The highest BCUT2D eigenvalue weighted by Crippen LogP contribution is 2.28. The number of carboxylic acids is 1. The summed E-state index contributed by atoms with van der Waals surface area (Å²) in [6, 6.07) is 6.49. The van der Waals surface area contributed by atoms with Crippen molar-refractivity contribution in [2.75, 3.05) is 6.61 Å². The van der Waals surface area contributed by atoms with Crippen LogP contribution in [0.1, 0.15) is 38.2 Å². The van der Waals surface area contributed by atoms with Crippen LogP contribution in [-0.2, 0) is 19.9 Å². The molecule has 0 aromatic heterocycles. The smallest absolute Gasteiger partial charge is 0.334 e. The third-order valence-corrected chi connectivity index (χ3v) is 4.29. The Morgan fingerprint density at radius 1 is 1.36 bits per heavy atom. The van der Waals surface area contributed by atoms with Crippen LogP contribution in [0.5, 0.6) is 0 Å². The lowest BCUT2D eigenvalue weighted by Crippen LogP contribution is -2.54. The van der Waals surface area contributed by atoms with Crippen LogP contribution in [0.25, 0.3) is 0 Å². The van der Waals surface area contributed by atoms with Crippen LogP contribution >= 0.6 is 11.6 Å². The molecule has 1 aliphatic rings. The summed E-state index contributed by atoms with van der Waals surface area (Å²) >= 11 is 5.86. The molecule has 120 valence electrons. The number of carbonyl (C=O) groups excluding carboxylic acids is 1. The van der Waals surface area contributed by atoms with E-state index in [-0.39, 0.29) is 12.3 Å². The molecule has 1 heterocycles. The highest BCUT2D eigenvalue weighted by atomic mass is 35.5. The molecule has 1 amide bonds. The summed E-state index contributed by atoms with van der Waals surface area (Å²) in [6.07, 6.45) is 2.10. The van der Waals surface area contributed by atoms with Crippen molar-refractivity contribution in [2.24, 2.45) is 0 Å². The highest BCUT2D eigenvalue weighted by molar-refractivity contribution is 6.30. The van der Waals surface area contributed by atoms with Gasteiger partial charge in [-0.1, -0.05) is 30.7 Å². The van der Waals surface area contributed by atoms with Crippen molar-refractivity contribution in [3.8, 4) is 0 Å². The van der Waals surface area contributed by atoms with Gasteiger partial charge in [0, 0.05) is 11.6 Å². The molecule has 0 bridgehead atoms. The van der Waals surface area contributed by atoms with Gasteiger partial charge in [0.15, 0.2) is 5.54 Å². The van der Waals surface area contributed by atoms with E-state index < -0.39 is 17.6 Å². The van der Waals surface area contributed by atoms with Gasteiger partial charge in [-0.15, -0.1) is 0 Å². The van der Waals surface area contributed by atoms with E-state index in [1.165, 1.54) is 0 Å². The molecule has 22 heavy (non-hydrogen) atoms. The third kappa shape index (κ3) is 3.42. The van der Waals surface area contributed by atoms with Crippen LogP contribution in [-0.4, -0.2) is 29.7 Å². The van der Waals surface area contributed by atoms with E-state index in [0.29, 0.717) is 23.6 Å². The molecular weight excluding hydrogens is 306 g/mol. The number of aliphatic carboxylic acids is 1. The number of benzene rings is 1. The molecule has 0 aliphatic carbocycles. The van der Waals surface area contributed by atoms with Crippen molar-refractivity contribution in [3.05, 3.63) is 34.9 Å². The molecule has 2 rings (SSSR count). The SMILES string of the molecule is CCC(NC(=O)C1CCCCO1)(C(=O)O)c1ccc(Cl)cc1. The van der Waals surface area contributed by atoms with Gasteiger partial charge in [-0.2, -0.15) is 0 Å². The standard InChI is InChI=1S/C16H20ClNO4/c1-2-16(15(20)21,11-6-8-12(17)9-7-11)18-14(19)13-5-3-4-10-22-13/h6-9,13H,2-5,10H2,1H3,(H,18,19)(H,20,21). The Labute approximate surface area is 134 Å². The van der Waals surface area contributed by atoms with Gasteiger partial charge in [-0.05, 0) is 43.4 Å². The van der Waals surface area contributed by atoms with Gasteiger partial charge < -0.3 is 15.2 Å². The fourth-order valence-electron chi connectivity index (χ4n) is 2.67. The maximum absolute atomic E-state index is 12.4. The van der Waals surface area contributed by atoms with Gasteiger partial charge in [-0.25, -0.2) is 4.79 Å². The van der Waals surface area contributed by atoms with Gasteiger partial charge >= 0.3 is 5.97 Å². The molecule has 6 heteroatoms. The summed E-state index contributed by atoms with van der Waals surface area (Å²) < 4.78 is 5.44. The lowest BCUT2D eigenvalue weighted by Gasteiger charge is -2.32. The Morgan fingerprint density at radius 2 is 2.05 bits per heavy atom. The van der Waals surface area contributed by atoms with Crippen LogP contribution in [0.4, 0.5) is 0 Å². The molecule has 1 saturated heterocycles. The summed E-state index contributed by atoms with van der Waals surface area (Å²) in [5, 5.41) is 12.9. The minimum absolute atomic E-state index is 0.225. The average molecular weight is 326 g/mol. The molecule has 1 aromatic rings. The molecule has 0 saturated carbocycles. The summed E-state index contributed by atoms with van der Waals surface area (Å²) in [7, 11) is 0. The fraction of sp³-hybridized carbons (Fsp3) is 0.500. The second-order valence-corrected chi connectivity index (χ2v) is 5.85. The van der Waals surface area contributed by atoms with Crippen molar-refractivity contribution >= 4 is 23.5 Å². The third-order valence-electron chi connectivity index (χ3n) is 4.04. The zero-order valence-electron chi connectivity index (χ0n) is 12.5. The van der Waals surface area contributed by atoms with E-state index in [1.54, 1.807) is 31.2 Å². The summed E-state index contributed by atoms with van der Waals surface area (Å²) in [5.41, 5.74) is -0.973. The number of carbonyl (C=O) groups is 2. The van der Waals surface area contributed by atoms with Gasteiger partial charge in [0.2, 0.25) is 5.91 Å².